The molecule has 22 nitrogen and oxygen atoms in total. The maximum absolute atomic E-state index is 13.6. The van der Waals surface area contributed by atoms with Crippen molar-refractivity contribution < 1.29 is 184 Å². The highest BCUT2D eigenvalue weighted by atomic mass is 19.4. The van der Waals surface area contributed by atoms with E-state index in [9.17, 15) is 79.0 Å². The molecule has 624 valence electrons. The van der Waals surface area contributed by atoms with E-state index in [1.165, 1.54) is 0 Å². The van der Waals surface area contributed by atoms with E-state index in [1.807, 2.05) is 39.8 Å². The second-order valence-electron chi connectivity index (χ2n) is 20.1. The standard InChI is InChI=1S/C14H16F6O4.C14H22O4.C12H14F4O4.C12H16F2O4.C9H8F4O3.C9H10F2O3/c1-3-21-7-23-11-5-10(14(18,19)20)12(24-8-22-4-2)6-9(11)13(15,16)17;1-5-15-9-17-13-7-12(4)14(8-11(13)3)18-10-16-6-2;1-3-17-5-19-11-7(13)9(15)12(10(16)8(11)14)20-6-18-4-2;1-3-15-7-17-11-5-10(14)12(6-9(11)13)18-8-16-4-2;1-2-15-3-16-9-6(12)4(10)8(14)5(11)7(9)13;1-2-13-5-14-9-4-6(10)8(12)3-7(9)11/h5-6H,3-4,7-8H2,1-2H3;7-8H,5-6,9-10H2,1-4H3;3-6H2,1-2H3;5-6H,3-4,7-8H2,1-2H3;14H,2-3H2,1H3;3-4,12H,2,5H2,1H3. The van der Waals surface area contributed by atoms with Gasteiger partial charge in [-0.25, -0.2) is 17.6 Å². The molecule has 0 spiro atoms. The highest BCUT2D eigenvalue weighted by Crippen LogP contribution is 2.46. The molecule has 0 atom stereocenters. The number of alkyl halides is 6. The maximum atomic E-state index is 13.6. The fourth-order valence-corrected chi connectivity index (χ4v) is 7.12. The molecule has 0 aliphatic heterocycles. The molecule has 0 unspecified atom stereocenters. The van der Waals surface area contributed by atoms with Crippen molar-refractivity contribution in [1.29, 1.82) is 0 Å². The number of ether oxygens (including phenoxy) is 20. The number of phenols is 2. The first-order valence-electron chi connectivity index (χ1n) is 32.7. The maximum Gasteiger partial charge on any atom is 0.420 e. The van der Waals surface area contributed by atoms with E-state index < -0.39 is 167 Å². The van der Waals surface area contributed by atoms with Gasteiger partial charge in [-0.1, -0.05) is 0 Å². The summed E-state index contributed by atoms with van der Waals surface area (Å²) >= 11 is 0. The average molecular weight is 1620 g/mol. The number of aryl methyl sites for hydroxylation is 2. The number of phenolic OH excluding ortho intramolecular Hbond substituents is 2. The topological polar surface area (TPSA) is 225 Å². The number of hydrogen-bond acceptors (Lipinski definition) is 22. The van der Waals surface area contributed by atoms with Gasteiger partial charge in [-0.05, 0) is 118 Å². The van der Waals surface area contributed by atoms with E-state index in [1.54, 1.807) is 55.4 Å². The first kappa shape index (κ1) is 99.3. The van der Waals surface area contributed by atoms with Crippen LogP contribution in [0.3, 0.4) is 0 Å². The Kier molecular flexibility index (Phi) is 48.7. The molecule has 0 aromatic heterocycles. The molecule has 6 aromatic rings. The Bertz CT molecular complexity index is 3330. The molecule has 2 N–H and O–H groups in total. The van der Waals surface area contributed by atoms with Crippen molar-refractivity contribution in [3.05, 3.63) is 141 Å². The van der Waals surface area contributed by atoms with Crippen LogP contribution in [0.4, 0.5) is 79.0 Å². The summed E-state index contributed by atoms with van der Waals surface area (Å²) in [4.78, 5) is 0. The van der Waals surface area contributed by atoms with Gasteiger partial charge in [-0.3, -0.25) is 0 Å². The molecule has 40 heteroatoms. The van der Waals surface area contributed by atoms with Gasteiger partial charge in [0.15, 0.2) is 137 Å². The Labute approximate surface area is 621 Å². The third-order valence-corrected chi connectivity index (χ3v) is 12.5. The summed E-state index contributed by atoms with van der Waals surface area (Å²) in [6.07, 6.45) is -9.87. The second-order valence-corrected chi connectivity index (χ2v) is 20.1. The fraction of sp³-hybridized carbons (Fsp3) is 0.486. The summed E-state index contributed by atoms with van der Waals surface area (Å²) in [5, 5.41) is 17.4. The van der Waals surface area contributed by atoms with Crippen LogP contribution in [0.2, 0.25) is 0 Å². The van der Waals surface area contributed by atoms with Crippen molar-refractivity contribution in [1.82, 2.24) is 0 Å². The molecule has 0 aliphatic carbocycles. The van der Waals surface area contributed by atoms with Gasteiger partial charge in [-0.2, -0.15) is 61.5 Å². The summed E-state index contributed by atoms with van der Waals surface area (Å²) in [7, 11) is 0. The third-order valence-electron chi connectivity index (χ3n) is 12.5. The fourth-order valence-electron chi connectivity index (χ4n) is 7.12. The molecular formula is C70H86F18O22. The molecule has 110 heavy (non-hydrogen) atoms. The van der Waals surface area contributed by atoms with Gasteiger partial charge >= 0.3 is 12.4 Å². The largest absolute Gasteiger partial charge is 0.505 e. The van der Waals surface area contributed by atoms with Crippen molar-refractivity contribution in [3.8, 4) is 69.0 Å². The van der Waals surface area contributed by atoms with Crippen LogP contribution in [0, 0.1) is 83.7 Å². The van der Waals surface area contributed by atoms with Crippen molar-refractivity contribution in [2.24, 2.45) is 0 Å². The third kappa shape index (κ3) is 35.1. The van der Waals surface area contributed by atoms with E-state index in [0.717, 1.165) is 40.8 Å². The van der Waals surface area contributed by atoms with Crippen molar-refractivity contribution in [2.45, 2.75) is 95.4 Å². The number of halogens is 18. The summed E-state index contributed by atoms with van der Waals surface area (Å²) in [6.45, 7) is 21.8. The summed E-state index contributed by atoms with van der Waals surface area (Å²) in [5.41, 5.74) is -0.762. The zero-order chi connectivity index (χ0) is 83.1. The van der Waals surface area contributed by atoms with Crippen molar-refractivity contribution in [3.63, 3.8) is 0 Å². The van der Waals surface area contributed by atoms with E-state index in [2.05, 4.69) is 28.4 Å². The van der Waals surface area contributed by atoms with Crippen LogP contribution in [0.25, 0.3) is 0 Å². The highest BCUT2D eigenvalue weighted by molar-refractivity contribution is 5.50. The van der Waals surface area contributed by atoms with Crippen molar-refractivity contribution in [2.75, 3.05) is 134 Å². The number of hydrogen-bond donors (Lipinski definition) is 2. The van der Waals surface area contributed by atoms with Crippen LogP contribution in [-0.2, 0) is 59.7 Å². The van der Waals surface area contributed by atoms with Gasteiger partial charge in [0, 0.05) is 90.3 Å². The molecule has 6 aromatic carbocycles. The lowest BCUT2D eigenvalue weighted by Crippen LogP contribution is -2.16. The summed E-state index contributed by atoms with van der Waals surface area (Å²) < 4.78 is 334. The minimum absolute atomic E-state index is 0.128. The Morgan fingerprint density at radius 1 is 0.245 bits per heavy atom. The quantitative estimate of drug-likeness (QED) is 0.0158. The van der Waals surface area contributed by atoms with Crippen LogP contribution in [0.5, 0.6) is 69.0 Å². The van der Waals surface area contributed by atoms with Gasteiger partial charge in [0.2, 0.25) is 46.5 Å². The molecule has 0 bridgehead atoms. The first-order valence-corrected chi connectivity index (χ1v) is 32.7. The number of aromatic hydroxyl groups is 2. The Hall–Kier alpha value is -8.74. The molecule has 0 fully saturated rings. The van der Waals surface area contributed by atoms with E-state index in [4.69, 9.17) is 76.5 Å². The zero-order valence-corrected chi connectivity index (χ0v) is 61.6. The Morgan fingerprint density at radius 2 is 0.445 bits per heavy atom. The van der Waals surface area contributed by atoms with E-state index >= 15 is 0 Å². The van der Waals surface area contributed by atoms with Crippen LogP contribution in [0.1, 0.15) is 91.5 Å². The molecule has 0 saturated heterocycles. The average Bonchev–Trinajstić information content (AvgIpc) is 0.780. The Morgan fingerprint density at radius 3 is 0.682 bits per heavy atom. The molecule has 0 aliphatic rings. The van der Waals surface area contributed by atoms with Crippen LogP contribution < -0.4 is 47.4 Å². The molecule has 0 radical (unpaired) electrons. The monoisotopic (exact) mass is 1620 g/mol. The summed E-state index contributed by atoms with van der Waals surface area (Å²) in [6, 6.07) is 7.63. The predicted octanol–water partition coefficient (Wildman–Crippen LogP) is 17.6. The minimum atomic E-state index is -4.94. The SMILES string of the molecule is CCOCOc1c(F)c(F)c(O)c(F)c1F.CCOCOc1c(F)c(F)c(OCOCC)c(F)c1F.CCOCOc1cc(C(F)(F)F)c(OCOCC)cc1C(F)(F)F.CCOCOc1cc(C)c(OCOCC)cc1C.CCOCOc1cc(F)c(O)cc1F.CCOCOc1cc(F)c(OCOCC)cc1F. The Balaban J connectivity index is 0.000000665. The normalized spacial score (nSPS) is 10.9. The van der Waals surface area contributed by atoms with Crippen molar-refractivity contribution >= 4 is 0 Å². The second kappa shape index (κ2) is 54.0. The first-order chi connectivity index (χ1) is 52.2. The molecule has 6 rings (SSSR count). The predicted molar refractivity (Wildman–Crippen MR) is 352 cm³/mol. The van der Waals surface area contributed by atoms with Crippen LogP contribution in [-0.4, -0.2) is 144 Å². The van der Waals surface area contributed by atoms with Crippen LogP contribution in [0.15, 0.2) is 48.5 Å². The lowest BCUT2D eigenvalue weighted by Gasteiger charge is -2.20. The van der Waals surface area contributed by atoms with E-state index in [-0.39, 0.29) is 96.4 Å². The zero-order valence-electron chi connectivity index (χ0n) is 61.6. The van der Waals surface area contributed by atoms with Gasteiger partial charge in [0.25, 0.3) is 0 Å². The smallest absolute Gasteiger partial charge is 0.420 e. The van der Waals surface area contributed by atoms with Gasteiger partial charge < -0.3 is 105 Å². The summed E-state index contributed by atoms with van der Waals surface area (Å²) in [5.74, 6) is -24.6. The molecule has 0 amide bonds. The van der Waals surface area contributed by atoms with Gasteiger partial charge in [0.1, 0.15) is 34.1 Å². The molecule has 0 saturated carbocycles. The van der Waals surface area contributed by atoms with Gasteiger partial charge in [0.05, 0.1) is 0 Å². The van der Waals surface area contributed by atoms with E-state index in [0.29, 0.717) is 39.1 Å². The highest BCUT2D eigenvalue weighted by Gasteiger charge is 2.41. The van der Waals surface area contributed by atoms with Crippen LogP contribution >= 0.6 is 0 Å². The lowest BCUT2D eigenvalue weighted by molar-refractivity contribution is -0.145. The molecule has 0 heterocycles. The lowest BCUT2D eigenvalue weighted by atomic mass is 10.1. The molecular weight excluding hydrogens is 1530 g/mol. The number of benzene rings is 6. The van der Waals surface area contributed by atoms with Gasteiger partial charge in [-0.15, -0.1) is 0 Å². The number of rotatable bonds is 40. The minimum Gasteiger partial charge on any atom is -0.505 e.